The molecule has 1 aliphatic rings. The van der Waals surface area contributed by atoms with Gasteiger partial charge in [0.1, 0.15) is 5.82 Å². The van der Waals surface area contributed by atoms with E-state index in [4.69, 9.17) is 0 Å². The topological polar surface area (TPSA) is 57.7 Å². The van der Waals surface area contributed by atoms with E-state index in [0.29, 0.717) is 5.92 Å². The number of rotatable bonds is 5. The van der Waals surface area contributed by atoms with Gasteiger partial charge in [0.25, 0.3) is 0 Å². The molecule has 5 heteroatoms. The molecule has 5 nitrogen and oxygen atoms in total. The molecule has 4 aromatic rings. The molecule has 0 unspecified atom stereocenters. The van der Waals surface area contributed by atoms with Crippen LogP contribution in [-0.2, 0) is 6.54 Å². The van der Waals surface area contributed by atoms with Gasteiger partial charge in [-0.25, -0.2) is 15.0 Å². The summed E-state index contributed by atoms with van der Waals surface area (Å²) < 4.78 is 0. The van der Waals surface area contributed by atoms with E-state index in [0.717, 1.165) is 54.5 Å². The first-order valence-corrected chi connectivity index (χ1v) is 10.0. The van der Waals surface area contributed by atoms with Crippen molar-refractivity contribution in [2.75, 3.05) is 13.1 Å². The molecular formula is C24H23N5. The summed E-state index contributed by atoms with van der Waals surface area (Å²) in [6.07, 6.45) is 6.76. The number of nitrogens with zero attached hydrogens (tertiary/aromatic N) is 4. The molecule has 2 aromatic carbocycles. The highest BCUT2D eigenvalue weighted by Crippen LogP contribution is 2.28. The molecule has 5 rings (SSSR count). The summed E-state index contributed by atoms with van der Waals surface area (Å²) in [6, 6.07) is 20.7. The van der Waals surface area contributed by atoms with Gasteiger partial charge in [-0.15, -0.1) is 0 Å². The predicted octanol–water partition coefficient (Wildman–Crippen LogP) is 4.52. The standard InChI is InChI=1S/C24H23N5/c1-3-7-18(8-4-1)16-29-12-11-20(17-29)24-27-15-22(28-24)21-13-25-23(26-14-21)19-9-5-2-6-10-19/h1-10,13-15,20H,11-12,16-17H2,(H,27,28)/t20-/m0/s1. The van der Waals surface area contributed by atoms with Crippen molar-refractivity contribution in [2.45, 2.75) is 18.9 Å². The number of benzene rings is 2. The molecule has 0 spiro atoms. The smallest absolute Gasteiger partial charge is 0.159 e. The van der Waals surface area contributed by atoms with Crippen molar-refractivity contribution in [3.05, 3.63) is 90.6 Å². The second kappa shape index (κ2) is 7.97. The Morgan fingerprint density at radius 3 is 2.31 bits per heavy atom. The van der Waals surface area contributed by atoms with E-state index in [1.807, 2.05) is 48.9 Å². The molecule has 1 saturated heterocycles. The Kier molecular flexibility index (Phi) is 4.88. The quantitative estimate of drug-likeness (QED) is 0.552. The Morgan fingerprint density at radius 1 is 0.828 bits per heavy atom. The molecular weight excluding hydrogens is 358 g/mol. The summed E-state index contributed by atoms with van der Waals surface area (Å²) in [7, 11) is 0. The Morgan fingerprint density at radius 2 is 1.55 bits per heavy atom. The van der Waals surface area contributed by atoms with Crippen molar-refractivity contribution in [2.24, 2.45) is 0 Å². The van der Waals surface area contributed by atoms with Crippen molar-refractivity contribution in [1.82, 2.24) is 24.8 Å². The minimum absolute atomic E-state index is 0.442. The lowest BCUT2D eigenvalue weighted by Gasteiger charge is -2.15. The number of imidazole rings is 1. The maximum atomic E-state index is 4.66. The zero-order valence-electron chi connectivity index (χ0n) is 16.2. The number of hydrogen-bond acceptors (Lipinski definition) is 4. The Balaban J connectivity index is 1.26. The van der Waals surface area contributed by atoms with Gasteiger partial charge in [0, 0.05) is 42.5 Å². The van der Waals surface area contributed by atoms with Gasteiger partial charge in [-0.1, -0.05) is 60.7 Å². The zero-order chi connectivity index (χ0) is 19.5. The first kappa shape index (κ1) is 17.8. The number of H-pyrrole nitrogens is 1. The second-order valence-electron chi connectivity index (χ2n) is 7.55. The largest absolute Gasteiger partial charge is 0.342 e. The second-order valence-corrected chi connectivity index (χ2v) is 7.55. The Bertz CT molecular complexity index is 1060. The van der Waals surface area contributed by atoms with Gasteiger partial charge in [0.2, 0.25) is 0 Å². The summed E-state index contributed by atoms with van der Waals surface area (Å²) in [4.78, 5) is 19.7. The van der Waals surface area contributed by atoms with E-state index in [-0.39, 0.29) is 0 Å². The molecule has 0 saturated carbocycles. The van der Waals surface area contributed by atoms with Crippen LogP contribution >= 0.6 is 0 Å². The number of hydrogen-bond donors (Lipinski definition) is 1. The predicted molar refractivity (Wildman–Crippen MR) is 114 cm³/mol. The third-order valence-electron chi connectivity index (χ3n) is 5.50. The number of aromatic amines is 1. The van der Waals surface area contributed by atoms with Crippen molar-refractivity contribution in [3.63, 3.8) is 0 Å². The highest BCUT2D eigenvalue weighted by molar-refractivity contribution is 5.60. The number of likely N-dealkylation sites (tertiary alicyclic amines) is 1. The van der Waals surface area contributed by atoms with Crippen LogP contribution in [0.5, 0.6) is 0 Å². The molecule has 0 aliphatic carbocycles. The maximum absolute atomic E-state index is 4.66. The number of nitrogens with one attached hydrogen (secondary N) is 1. The van der Waals surface area contributed by atoms with Gasteiger partial charge in [-0.3, -0.25) is 4.90 Å². The average Bonchev–Trinajstić information content (AvgIpc) is 3.45. The van der Waals surface area contributed by atoms with Gasteiger partial charge in [-0.05, 0) is 18.5 Å². The molecule has 29 heavy (non-hydrogen) atoms. The van der Waals surface area contributed by atoms with E-state index in [1.165, 1.54) is 5.56 Å². The van der Waals surface area contributed by atoms with E-state index in [2.05, 4.69) is 55.2 Å². The van der Waals surface area contributed by atoms with Crippen LogP contribution in [0.1, 0.15) is 23.7 Å². The van der Waals surface area contributed by atoms with Gasteiger partial charge in [0.15, 0.2) is 5.82 Å². The number of aromatic nitrogens is 4. The minimum atomic E-state index is 0.442. The fourth-order valence-electron chi connectivity index (χ4n) is 3.94. The lowest BCUT2D eigenvalue weighted by molar-refractivity contribution is 0.326. The van der Waals surface area contributed by atoms with Crippen molar-refractivity contribution in [1.29, 1.82) is 0 Å². The average molecular weight is 381 g/mol. The van der Waals surface area contributed by atoms with Gasteiger partial charge < -0.3 is 4.98 Å². The minimum Gasteiger partial charge on any atom is -0.342 e. The molecule has 1 fully saturated rings. The van der Waals surface area contributed by atoms with E-state index >= 15 is 0 Å². The van der Waals surface area contributed by atoms with Crippen LogP contribution in [0.3, 0.4) is 0 Å². The van der Waals surface area contributed by atoms with Crippen molar-refractivity contribution < 1.29 is 0 Å². The highest BCUT2D eigenvalue weighted by atomic mass is 15.2. The highest BCUT2D eigenvalue weighted by Gasteiger charge is 2.26. The Labute approximate surface area is 170 Å². The molecule has 144 valence electrons. The zero-order valence-corrected chi connectivity index (χ0v) is 16.2. The van der Waals surface area contributed by atoms with E-state index < -0.39 is 0 Å². The molecule has 1 N–H and O–H groups in total. The van der Waals surface area contributed by atoms with E-state index in [9.17, 15) is 0 Å². The van der Waals surface area contributed by atoms with Crippen LogP contribution in [0.2, 0.25) is 0 Å². The van der Waals surface area contributed by atoms with Crippen LogP contribution in [-0.4, -0.2) is 37.9 Å². The van der Waals surface area contributed by atoms with Crippen molar-refractivity contribution in [3.8, 4) is 22.6 Å². The molecule has 3 heterocycles. The fourth-order valence-corrected chi connectivity index (χ4v) is 3.94. The lowest BCUT2D eigenvalue weighted by Crippen LogP contribution is -2.19. The first-order valence-electron chi connectivity index (χ1n) is 10.0. The van der Waals surface area contributed by atoms with E-state index in [1.54, 1.807) is 0 Å². The fraction of sp³-hybridized carbons (Fsp3) is 0.208. The van der Waals surface area contributed by atoms with Gasteiger partial charge >= 0.3 is 0 Å². The molecule has 0 radical (unpaired) electrons. The summed E-state index contributed by atoms with van der Waals surface area (Å²) in [6.45, 7) is 3.13. The Hall–Kier alpha value is -3.31. The van der Waals surface area contributed by atoms with Crippen LogP contribution in [0.25, 0.3) is 22.6 Å². The van der Waals surface area contributed by atoms with Crippen LogP contribution in [0.4, 0.5) is 0 Å². The molecule has 0 bridgehead atoms. The summed E-state index contributed by atoms with van der Waals surface area (Å²) in [5, 5.41) is 0. The third kappa shape index (κ3) is 3.96. The SMILES string of the molecule is c1ccc(CN2CC[C@H](c3ncc(-c4cnc(-c5ccccc5)nc4)[nH]3)C2)cc1. The summed E-state index contributed by atoms with van der Waals surface area (Å²) in [5.41, 5.74) is 4.32. The monoisotopic (exact) mass is 381 g/mol. The molecule has 0 amide bonds. The van der Waals surface area contributed by atoms with Crippen LogP contribution in [0.15, 0.2) is 79.3 Å². The van der Waals surface area contributed by atoms with Crippen molar-refractivity contribution >= 4 is 0 Å². The normalized spacial score (nSPS) is 16.9. The summed E-state index contributed by atoms with van der Waals surface area (Å²) >= 11 is 0. The maximum Gasteiger partial charge on any atom is 0.159 e. The van der Waals surface area contributed by atoms with Crippen LogP contribution < -0.4 is 0 Å². The lowest BCUT2D eigenvalue weighted by atomic mass is 10.1. The summed E-state index contributed by atoms with van der Waals surface area (Å²) in [5.74, 6) is 2.24. The first-order chi connectivity index (χ1) is 14.3. The van der Waals surface area contributed by atoms with Crippen LogP contribution in [0, 0.1) is 0 Å². The molecule has 1 atom stereocenters. The third-order valence-corrected chi connectivity index (χ3v) is 5.50. The molecule has 2 aromatic heterocycles. The van der Waals surface area contributed by atoms with Gasteiger partial charge in [-0.2, -0.15) is 0 Å². The van der Waals surface area contributed by atoms with Gasteiger partial charge in [0.05, 0.1) is 11.9 Å². The molecule has 1 aliphatic heterocycles.